The van der Waals surface area contributed by atoms with Gasteiger partial charge in [0.05, 0.1) is 17.6 Å². The number of imidazole rings is 1. The number of benzene rings is 1. The molecule has 0 amide bonds. The number of aromatic nitrogens is 2. The molecule has 1 unspecified atom stereocenters. The van der Waals surface area contributed by atoms with E-state index < -0.39 is 0 Å². The van der Waals surface area contributed by atoms with Crippen molar-refractivity contribution >= 4 is 22.6 Å². The molecule has 0 bridgehead atoms. The summed E-state index contributed by atoms with van der Waals surface area (Å²) in [5, 5.41) is 4.08. The topological polar surface area (TPSA) is 39.1 Å². The lowest BCUT2D eigenvalue weighted by Crippen LogP contribution is -2.34. The predicted molar refractivity (Wildman–Crippen MR) is 76.6 cm³/mol. The van der Waals surface area contributed by atoms with Crippen LogP contribution in [0.25, 0.3) is 11.0 Å². The summed E-state index contributed by atoms with van der Waals surface area (Å²) in [5.74, 6) is 1.01. The lowest BCUT2D eigenvalue weighted by Gasteiger charge is -2.24. The second-order valence-electron chi connectivity index (χ2n) is 4.82. The van der Waals surface area contributed by atoms with Gasteiger partial charge in [-0.1, -0.05) is 18.5 Å². The number of nitrogens with one attached hydrogen (secondary N) is 1. The standard InChI is InChI=1S/C14H18ClN3O/c1-2-6-18-12-4-3-10(15)8-11(12)17-14(18)13-9-16-5-7-19-13/h3-4,8,13,16H,2,5-7,9H2,1H3. The molecule has 5 heteroatoms. The maximum Gasteiger partial charge on any atom is 0.140 e. The molecule has 2 heterocycles. The zero-order valence-corrected chi connectivity index (χ0v) is 11.8. The molecule has 19 heavy (non-hydrogen) atoms. The molecular formula is C14H18ClN3O. The Morgan fingerprint density at radius 2 is 2.42 bits per heavy atom. The highest BCUT2D eigenvalue weighted by Crippen LogP contribution is 2.26. The SMILES string of the molecule is CCCn1c(C2CNCCO2)nc2cc(Cl)ccc21. The van der Waals surface area contributed by atoms with Crippen LogP contribution in [0.5, 0.6) is 0 Å². The molecule has 102 valence electrons. The Morgan fingerprint density at radius 3 is 3.16 bits per heavy atom. The monoisotopic (exact) mass is 279 g/mol. The summed E-state index contributed by atoms with van der Waals surface area (Å²) in [6, 6.07) is 5.88. The van der Waals surface area contributed by atoms with Crippen molar-refractivity contribution < 1.29 is 4.74 Å². The van der Waals surface area contributed by atoms with Gasteiger partial charge in [-0.05, 0) is 24.6 Å². The van der Waals surface area contributed by atoms with Crippen LogP contribution >= 0.6 is 11.6 Å². The third-order valence-electron chi connectivity index (χ3n) is 3.40. The van der Waals surface area contributed by atoms with Crippen LogP contribution in [0.4, 0.5) is 0 Å². The summed E-state index contributed by atoms with van der Waals surface area (Å²) < 4.78 is 8.09. The van der Waals surface area contributed by atoms with Crippen LogP contribution < -0.4 is 5.32 Å². The van der Waals surface area contributed by atoms with E-state index >= 15 is 0 Å². The highest BCUT2D eigenvalue weighted by atomic mass is 35.5. The molecule has 1 atom stereocenters. The van der Waals surface area contributed by atoms with Crippen LogP contribution in [0.15, 0.2) is 18.2 Å². The van der Waals surface area contributed by atoms with Crippen LogP contribution in [-0.4, -0.2) is 29.2 Å². The molecule has 1 aliphatic heterocycles. The molecule has 2 aromatic rings. The quantitative estimate of drug-likeness (QED) is 0.939. The van der Waals surface area contributed by atoms with Crippen molar-refractivity contribution in [2.24, 2.45) is 0 Å². The molecule has 0 aliphatic carbocycles. The average molecular weight is 280 g/mol. The van der Waals surface area contributed by atoms with Crippen molar-refractivity contribution in [3.05, 3.63) is 29.0 Å². The maximum absolute atomic E-state index is 6.05. The first-order valence-electron chi connectivity index (χ1n) is 6.77. The first-order chi connectivity index (χ1) is 9.29. The van der Waals surface area contributed by atoms with Gasteiger partial charge in [0.2, 0.25) is 0 Å². The van der Waals surface area contributed by atoms with Gasteiger partial charge < -0.3 is 14.6 Å². The zero-order valence-electron chi connectivity index (χ0n) is 11.0. The Kier molecular flexibility index (Phi) is 3.73. The Morgan fingerprint density at radius 1 is 1.53 bits per heavy atom. The number of morpholine rings is 1. The molecule has 0 spiro atoms. The predicted octanol–water partition coefficient (Wildman–Crippen LogP) is 2.76. The fourth-order valence-electron chi connectivity index (χ4n) is 2.56. The molecule has 4 nitrogen and oxygen atoms in total. The lowest BCUT2D eigenvalue weighted by molar-refractivity contribution is 0.0202. The summed E-state index contributed by atoms with van der Waals surface area (Å²) >= 11 is 6.05. The van der Waals surface area contributed by atoms with E-state index in [1.54, 1.807) is 0 Å². The second kappa shape index (κ2) is 5.49. The Labute approximate surface area is 117 Å². The van der Waals surface area contributed by atoms with Crippen molar-refractivity contribution in [2.75, 3.05) is 19.7 Å². The van der Waals surface area contributed by atoms with E-state index in [1.165, 1.54) is 0 Å². The summed E-state index contributed by atoms with van der Waals surface area (Å²) in [4.78, 5) is 4.73. The van der Waals surface area contributed by atoms with Crippen LogP contribution in [0.3, 0.4) is 0 Å². The van der Waals surface area contributed by atoms with Crippen molar-refractivity contribution in [1.82, 2.24) is 14.9 Å². The molecule has 0 saturated carbocycles. The van der Waals surface area contributed by atoms with Gasteiger partial charge in [0.25, 0.3) is 0 Å². The van der Waals surface area contributed by atoms with E-state index in [0.717, 1.165) is 54.5 Å². The van der Waals surface area contributed by atoms with Gasteiger partial charge in [-0.2, -0.15) is 0 Å². The number of aryl methyl sites for hydroxylation is 1. The van der Waals surface area contributed by atoms with Gasteiger partial charge in [-0.15, -0.1) is 0 Å². The van der Waals surface area contributed by atoms with Crippen LogP contribution in [-0.2, 0) is 11.3 Å². The van der Waals surface area contributed by atoms with Crippen LogP contribution in [0.2, 0.25) is 5.02 Å². The van der Waals surface area contributed by atoms with E-state index in [1.807, 2.05) is 18.2 Å². The van der Waals surface area contributed by atoms with Crippen LogP contribution in [0.1, 0.15) is 25.3 Å². The van der Waals surface area contributed by atoms with E-state index in [4.69, 9.17) is 21.3 Å². The van der Waals surface area contributed by atoms with E-state index in [0.29, 0.717) is 0 Å². The third kappa shape index (κ3) is 2.48. The van der Waals surface area contributed by atoms with Crippen molar-refractivity contribution in [2.45, 2.75) is 26.0 Å². The molecule has 1 aromatic carbocycles. The first-order valence-corrected chi connectivity index (χ1v) is 7.15. The highest BCUT2D eigenvalue weighted by molar-refractivity contribution is 6.31. The fourth-order valence-corrected chi connectivity index (χ4v) is 2.72. The number of nitrogens with zero attached hydrogens (tertiary/aromatic N) is 2. The molecule has 1 N–H and O–H groups in total. The minimum Gasteiger partial charge on any atom is -0.368 e. The normalized spacial score (nSPS) is 20.0. The number of fused-ring (bicyclic) bond motifs is 1. The van der Waals surface area contributed by atoms with E-state index in [2.05, 4.69) is 16.8 Å². The van der Waals surface area contributed by atoms with E-state index in [9.17, 15) is 0 Å². The van der Waals surface area contributed by atoms with Gasteiger partial charge in [0.1, 0.15) is 11.9 Å². The fraction of sp³-hybridized carbons (Fsp3) is 0.500. The summed E-state index contributed by atoms with van der Waals surface area (Å²) in [7, 11) is 0. The van der Waals surface area contributed by atoms with Gasteiger partial charge in [-0.3, -0.25) is 0 Å². The molecular weight excluding hydrogens is 262 g/mol. The minimum absolute atomic E-state index is 0.0338. The molecule has 1 saturated heterocycles. The lowest BCUT2D eigenvalue weighted by atomic mass is 10.3. The largest absolute Gasteiger partial charge is 0.368 e. The number of ether oxygens (including phenoxy) is 1. The van der Waals surface area contributed by atoms with Crippen molar-refractivity contribution in [3.63, 3.8) is 0 Å². The second-order valence-corrected chi connectivity index (χ2v) is 5.25. The smallest absolute Gasteiger partial charge is 0.140 e. The van der Waals surface area contributed by atoms with Gasteiger partial charge in [-0.25, -0.2) is 4.98 Å². The first kappa shape index (κ1) is 12.9. The molecule has 1 fully saturated rings. The van der Waals surface area contributed by atoms with Crippen molar-refractivity contribution in [1.29, 1.82) is 0 Å². The molecule has 0 radical (unpaired) electrons. The Balaban J connectivity index is 2.08. The van der Waals surface area contributed by atoms with E-state index in [-0.39, 0.29) is 6.10 Å². The van der Waals surface area contributed by atoms with Crippen LogP contribution in [0, 0.1) is 0 Å². The molecule has 1 aromatic heterocycles. The summed E-state index contributed by atoms with van der Waals surface area (Å²) in [6.45, 7) is 5.59. The average Bonchev–Trinajstić information content (AvgIpc) is 2.78. The Hall–Kier alpha value is -1.10. The minimum atomic E-state index is 0.0338. The number of halogens is 1. The Bertz CT molecular complexity index is 575. The molecule has 1 aliphatic rings. The maximum atomic E-state index is 6.05. The number of hydrogen-bond acceptors (Lipinski definition) is 3. The van der Waals surface area contributed by atoms with Crippen molar-refractivity contribution in [3.8, 4) is 0 Å². The highest BCUT2D eigenvalue weighted by Gasteiger charge is 2.22. The number of hydrogen-bond donors (Lipinski definition) is 1. The zero-order chi connectivity index (χ0) is 13.2. The third-order valence-corrected chi connectivity index (χ3v) is 3.64. The van der Waals surface area contributed by atoms with Gasteiger partial charge >= 0.3 is 0 Å². The summed E-state index contributed by atoms with van der Waals surface area (Å²) in [5.41, 5.74) is 2.08. The number of rotatable bonds is 3. The van der Waals surface area contributed by atoms with Gasteiger partial charge in [0, 0.05) is 24.7 Å². The summed E-state index contributed by atoms with van der Waals surface area (Å²) in [6.07, 6.45) is 1.10. The molecule has 3 rings (SSSR count). The van der Waals surface area contributed by atoms with Gasteiger partial charge in [0.15, 0.2) is 0 Å².